The van der Waals surface area contributed by atoms with Crippen LogP contribution in [0, 0.1) is 0 Å². The molecule has 0 saturated carbocycles. The number of ketones is 1. The first-order chi connectivity index (χ1) is 14.6. The zero-order valence-corrected chi connectivity index (χ0v) is 17.2. The van der Waals surface area contributed by atoms with Crippen LogP contribution in [0.15, 0.2) is 101 Å². The number of aliphatic hydroxyl groups excluding tert-OH is 1. The molecular weight excluding hydrogens is 374 g/mol. The minimum Gasteiger partial charge on any atom is -0.505 e. The molecule has 0 aliphatic rings. The molecular formula is C25H25N3O2. The molecule has 0 saturated heterocycles. The van der Waals surface area contributed by atoms with Crippen LogP contribution in [0.3, 0.4) is 0 Å². The van der Waals surface area contributed by atoms with Crippen LogP contribution in [-0.4, -0.2) is 24.0 Å². The van der Waals surface area contributed by atoms with E-state index >= 15 is 0 Å². The van der Waals surface area contributed by atoms with E-state index in [1.54, 1.807) is 48.5 Å². The van der Waals surface area contributed by atoms with Crippen LogP contribution in [0.4, 0.5) is 11.4 Å². The highest BCUT2D eigenvalue weighted by atomic mass is 16.3. The fraction of sp³-hybridized carbons (Fsp3) is 0.160. The highest BCUT2D eigenvalue weighted by Gasteiger charge is 2.18. The van der Waals surface area contributed by atoms with Crippen molar-refractivity contribution in [3.63, 3.8) is 0 Å². The Labute approximate surface area is 177 Å². The molecule has 0 atom stereocenters. The molecule has 152 valence electrons. The molecule has 3 aromatic rings. The zero-order valence-electron chi connectivity index (χ0n) is 17.2. The fourth-order valence-corrected chi connectivity index (χ4v) is 3.09. The molecule has 5 nitrogen and oxygen atoms in total. The summed E-state index contributed by atoms with van der Waals surface area (Å²) in [5.74, 6) is -0.589. The van der Waals surface area contributed by atoms with Crippen molar-refractivity contribution in [2.75, 3.05) is 18.0 Å². The van der Waals surface area contributed by atoms with Gasteiger partial charge in [-0.05, 0) is 38.1 Å². The molecule has 0 radical (unpaired) electrons. The molecule has 0 fully saturated rings. The van der Waals surface area contributed by atoms with E-state index in [9.17, 15) is 9.90 Å². The van der Waals surface area contributed by atoms with Crippen LogP contribution in [-0.2, 0) is 0 Å². The van der Waals surface area contributed by atoms with Crippen LogP contribution in [0.1, 0.15) is 29.8 Å². The Morgan fingerprint density at radius 3 is 1.87 bits per heavy atom. The van der Waals surface area contributed by atoms with Gasteiger partial charge in [-0.25, -0.2) is 0 Å². The number of aliphatic hydroxyl groups is 1. The topological polar surface area (TPSA) is 65.3 Å². The normalized spacial score (nSPS) is 11.9. The molecule has 5 heteroatoms. The summed E-state index contributed by atoms with van der Waals surface area (Å²) in [5, 5.41) is 19.1. The quantitative estimate of drug-likeness (QED) is 0.205. The van der Waals surface area contributed by atoms with E-state index in [0.29, 0.717) is 16.8 Å². The minimum atomic E-state index is -0.388. The van der Waals surface area contributed by atoms with Crippen LogP contribution in [0.5, 0.6) is 0 Å². The van der Waals surface area contributed by atoms with Gasteiger partial charge in [0.1, 0.15) is 0 Å². The van der Waals surface area contributed by atoms with E-state index in [-0.39, 0.29) is 17.2 Å². The van der Waals surface area contributed by atoms with Crippen molar-refractivity contribution in [2.24, 2.45) is 10.2 Å². The van der Waals surface area contributed by atoms with E-state index in [1.165, 1.54) is 0 Å². The first-order valence-electron chi connectivity index (χ1n) is 9.99. The number of azo groups is 1. The number of benzene rings is 3. The van der Waals surface area contributed by atoms with Gasteiger partial charge in [0.05, 0.1) is 5.69 Å². The second-order valence-corrected chi connectivity index (χ2v) is 6.65. The lowest BCUT2D eigenvalue weighted by molar-refractivity contribution is 0.103. The molecule has 0 spiro atoms. The molecule has 3 rings (SSSR count). The third kappa shape index (κ3) is 5.00. The Morgan fingerprint density at radius 1 is 0.800 bits per heavy atom. The van der Waals surface area contributed by atoms with Gasteiger partial charge in [-0.1, -0.05) is 60.7 Å². The molecule has 0 aliphatic heterocycles. The first-order valence-corrected chi connectivity index (χ1v) is 9.99. The molecule has 0 amide bonds. The van der Waals surface area contributed by atoms with Crippen LogP contribution < -0.4 is 4.90 Å². The minimum absolute atomic E-state index is 0.0970. The molecule has 0 unspecified atom stereocenters. The number of hydrogen-bond acceptors (Lipinski definition) is 5. The zero-order chi connectivity index (χ0) is 21.3. The van der Waals surface area contributed by atoms with Gasteiger partial charge in [0.25, 0.3) is 0 Å². The monoisotopic (exact) mass is 399 g/mol. The van der Waals surface area contributed by atoms with Crippen molar-refractivity contribution in [1.82, 2.24) is 0 Å². The summed E-state index contributed by atoms with van der Waals surface area (Å²) >= 11 is 0. The van der Waals surface area contributed by atoms with E-state index < -0.39 is 0 Å². The number of Topliss-reactive ketones (excluding diaryl/α,β-unsaturated/α-hetero) is 1. The van der Waals surface area contributed by atoms with Gasteiger partial charge in [0.2, 0.25) is 5.78 Å². The maximum Gasteiger partial charge on any atom is 0.217 e. The molecule has 0 bridgehead atoms. The van der Waals surface area contributed by atoms with Crippen molar-refractivity contribution < 1.29 is 9.90 Å². The van der Waals surface area contributed by atoms with Crippen LogP contribution in [0.2, 0.25) is 0 Å². The Balaban J connectivity index is 1.96. The second-order valence-electron chi connectivity index (χ2n) is 6.65. The Morgan fingerprint density at radius 2 is 1.33 bits per heavy atom. The third-order valence-electron chi connectivity index (χ3n) is 4.77. The average molecular weight is 399 g/mol. The van der Waals surface area contributed by atoms with E-state index in [1.807, 2.05) is 36.4 Å². The van der Waals surface area contributed by atoms with Gasteiger partial charge in [0.15, 0.2) is 11.5 Å². The summed E-state index contributed by atoms with van der Waals surface area (Å²) in [6.07, 6.45) is 0. The van der Waals surface area contributed by atoms with Gasteiger partial charge in [-0.2, -0.15) is 5.11 Å². The molecule has 3 aromatic carbocycles. The maximum absolute atomic E-state index is 13.0. The lowest BCUT2D eigenvalue weighted by atomic mass is 10.1. The molecule has 0 aliphatic carbocycles. The third-order valence-corrected chi connectivity index (χ3v) is 4.77. The van der Waals surface area contributed by atoms with Crippen LogP contribution >= 0.6 is 0 Å². The van der Waals surface area contributed by atoms with Gasteiger partial charge in [-0.15, -0.1) is 5.11 Å². The van der Waals surface area contributed by atoms with E-state index in [4.69, 9.17) is 0 Å². The number of hydrogen-bond donors (Lipinski definition) is 1. The van der Waals surface area contributed by atoms with Crippen LogP contribution in [0.25, 0.3) is 5.76 Å². The van der Waals surface area contributed by atoms with Crippen molar-refractivity contribution in [2.45, 2.75) is 13.8 Å². The van der Waals surface area contributed by atoms with Crippen molar-refractivity contribution >= 4 is 22.9 Å². The van der Waals surface area contributed by atoms with E-state index in [2.05, 4.69) is 29.0 Å². The number of anilines is 1. The molecule has 0 heterocycles. The van der Waals surface area contributed by atoms with Crippen molar-refractivity contribution in [3.8, 4) is 0 Å². The largest absolute Gasteiger partial charge is 0.505 e. The summed E-state index contributed by atoms with van der Waals surface area (Å²) in [6.45, 7) is 6.05. The summed E-state index contributed by atoms with van der Waals surface area (Å²) in [7, 11) is 0. The summed E-state index contributed by atoms with van der Waals surface area (Å²) < 4.78 is 0. The first kappa shape index (κ1) is 21.0. The highest BCUT2D eigenvalue weighted by Crippen LogP contribution is 2.24. The van der Waals surface area contributed by atoms with Gasteiger partial charge in [0, 0.05) is 29.9 Å². The lowest BCUT2D eigenvalue weighted by Crippen LogP contribution is -2.21. The van der Waals surface area contributed by atoms with Crippen molar-refractivity contribution in [1.29, 1.82) is 0 Å². The second kappa shape index (κ2) is 10.2. The van der Waals surface area contributed by atoms with Crippen molar-refractivity contribution in [3.05, 3.63) is 102 Å². The predicted molar refractivity (Wildman–Crippen MR) is 121 cm³/mol. The standard InChI is InChI=1S/C25H25N3O2/c1-3-28(4-2)22-17-15-21(16-18-22)26-27-23(24(29)19-11-7-5-8-12-19)25(30)20-13-9-6-10-14-20/h5-18,29H,3-4H2,1-2H3/b24-23-,27-26?. The number of rotatable bonds is 8. The Hall–Kier alpha value is -3.73. The molecule has 0 aromatic heterocycles. The van der Waals surface area contributed by atoms with Gasteiger partial charge in [-0.3, -0.25) is 4.79 Å². The highest BCUT2D eigenvalue weighted by molar-refractivity contribution is 6.12. The Kier molecular flexibility index (Phi) is 7.11. The molecule has 1 N–H and O–H groups in total. The molecule has 30 heavy (non-hydrogen) atoms. The average Bonchev–Trinajstić information content (AvgIpc) is 2.81. The predicted octanol–water partition coefficient (Wildman–Crippen LogP) is 6.43. The number of nitrogens with zero attached hydrogens (tertiary/aromatic N) is 3. The smallest absolute Gasteiger partial charge is 0.217 e. The lowest BCUT2D eigenvalue weighted by Gasteiger charge is -2.20. The van der Waals surface area contributed by atoms with Gasteiger partial charge < -0.3 is 10.0 Å². The van der Waals surface area contributed by atoms with Gasteiger partial charge >= 0.3 is 0 Å². The number of carbonyl (C=O) groups is 1. The summed E-state index contributed by atoms with van der Waals surface area (Å²) in [5.41, 5.74) is 2.55. The number of allylic oxidation sites excluding steroid dienone is 1. The SMILES string of the molecule is CCN(CC)c1ccc(N=N/C(C(=O)c2ccccc2)=C(\O)c2ccccc2)cc1. The fourth-order valence-electron chi connectivity index (χ4n) is 3.09. The maximum atomic E-state index is 13.0. The summed E-state index contributed by atoms with van der Waals surface area (Å²) in [4.78, 5) is 15.3. The van der Waals surface area contributed by atoms with E-state index in [0.717, 1.165) is 18.8 Å². The summed E-state index contributed by atoms with van der Waals surface area (Å²) in [6, 6.07) is 25.3. The number of carbonyl (C=O) groups excluding carboxylic acids is 1. The Bertz CT molecular complexity index is 1020.